The van der Waals surface area contributed by atoms with Crippen molar-refractivity contribution in [2.24, 2.45) is 0 Å². The highest BCUT2D eigenvalue weighted by molar-refractivity contribution is 7.10. The highest BCUT2D eigenvalue weighted by atomic mass is 32.1. The van der Waals surface area contributed by atoms with Crippen LogP contribution < -0.4 is 5.32 Å². The molecule has 0 aliphatic heterocycles. The second-order valence-corrected chi connectivity index (χ2v) is 6.56. The Balaban J connectivity index is 1.68. The van der Waals surface area contributed by atoms with E-state index in [4.69, 9.17) is 9.47 Å². The van der Waals surface area contributed by atoms with E-state index in [-0.39, 0.29) is 19.6 Å². The highest BCUT2D eigenvalue weighted by Crippen LogP contribution is 2.25. The number of ether oxygens (including phenoxy) is 2. The quantitative estimate of drug-likeness (QED) is 0.636. The topological polar surface area (TPSA) is 88.0 Å². The molecule has 1 aromatic carbocycles. The summed E-state index contributed by atoms with van der Waals surface area (Å²) in [7, 11) is 1.60. The van der Waals surface area contributed by atoms with Crippen molar-refractivity contribution in [1.29, 1.82) is 0 Å². The van der Waals surface area contributed by atoms with Gasteiger partial charge in [-0.05, 0) is 29.0 Å². The Morgan fingerprint density at radius 3 is 2.72 bits per heavy atom. The summed E-state index contributed by atoms with van der Waals surface area (Å²) in [5.74, 6) is 0. The molecule has 0 spiro atoms. The summed E-state index contributed by atoms with van der Waals surface area (Å²) in [6.45, 7) is 0.873. The van der Waals surface area contributed by atoms with Gasteiger partial charge in [0.05, 0.1) is 12.7 Å². The first-order valence-electron chi connectivity index (χ1n) is 7.97. The molecule has 1 aromatic heterocycles. The molecule has 0 bridgehead atoms. The van der Waals surface area contributed by atoms with Gasteiger partial charge in [-0.15, -0.1) is 11.3 Å². The van der Waals surface area contributed by atoms with Gasteiger partial charge in [0.25, 0.3) is 0 Å². The number of alkyl carbamates (subject to hydrolysis) is 1. The Morgan fingerprint density at radius 1 is 1.24 bits per heavy atom. The van der Waals surface area contributed by atoms with Crippen molar-refractivity contribution in [2.75, 3.05) is 13.7 Å². The van der Waals surface area contributed by atoms with Crippen LogP contribution in [-0.4, -0.2) is 36.1 Å². The maximum atomic E-state index is 11.6. The molecule has 1 heterocycles. The van der Waals surface area contributed by atoms with Gasteiger partial charge in [-0.25, -0.2) is 4.79 Å². The van der Waals surface area contributed by atoms with E-state index in [0.717, 1.165) is 10.4 Å². The summed E-state index contributed by atoms with van der Waals surface area (Å²) in [5, 5.41) is 24.6. The number of thiophene rings is 1. The minimum Gasteiger partial charge on any atom is -0.445 e. The molecule has 0 radical (unpaired) electrons. The molecule has 0 aliphatic rings. The van der Waals surface area contributed by atoms with Gasteiger partial charge in [0.15, 0.2) is 0 Å². The van der Waals surface area contributed by atoms with Crippen molar-refractivity contribution in [3.63, 3.8) is 0 Å². The van der Waals surface area contributed by atoms with Gasteiger partial charge < -0.3 is 25.0 Å². The van der Waals surface area contributed by atoms with Crippen LogP contribution in [0.2, 0.25) is 0 Å². The fraction of sp³-hybridized carbons (Fsp3) is 0.389. The van der Waals surface area contributed by atoms with E-state index >= 15 is 0 Å². The average molecular weight is 365 g/mol. The Hall–Kier alpha value is -1.93. The second kappa shape index (κ2) is 10.1. The largest absolute Gasteiger partial charge is 0.445 e. The molecular formula is C18H23NO5S. The molecule has 2 rings (SSSR count). The molecule has 2 atom stereocenters. The van der Waals surface area contributed by atoms with Gasteiger partial charge in [-0.2, -0.15) is 0 Å². The molecule has 2 unspecified atom stereocenters. The Morgan fingerprint density at radius 2 is 2.00 bits per heavy atom. The Kier molecular flexibility index (Phi) is 7.87. The molecule has 136 valence electrons. The van der Waals surface area contributed by atoms with Gasteiger partial charge >= 0.3 is 6.09 Å². The summed E-state index contributed by atoms with van der Waals surface area (Å²) < 4.78 is 10.1. The number of benzene rings is 1. The van der Waals surface area contributed by atoms with Crippen LogP contribution in [0.3, 0.4) is 0 Å². The van der Waals surface area contributed by atoms with Gasteiger partial charge in [-0.3, -0.25) is 0 Å². The lowest BCUT2D eigenvalue weighted by Gasteiger charge is -2.17. The SMILES string of the molecule is COCc1cc(C(O)C(O)CCNC(=O)OCc2ccccc2)cs1. The molecule has 6 nitrogen and oxygen atoms in total. The molecule has 25 heavy (non-hydrogen) atoms. The van der Waals surface area contributed by atoms with Crippen molar-refractivity contribution in [3.8, 4) is 0 Å². The summed E-state index contributed by atoms with van der Waals surface area (Å²) in [6.07, 6.45) is -2.30. The lowest BCUT2D eigenvalue weighted by Crippen LogP contribution is -2.29. The summed E-state index contributed by atoms with van der Waals surface area (Å²) in [5.41, 5.74) is 1.55. The van der Waals surface area contributed by atoms with Crippen molar-refractivity contribution in [2.45, 2.75) is 31.8 Å². The number of nitrogens with one attached hydrogen (secondary N) is 1. The number of aliphatic hydroxyl groups is 2. The molecule has 1 amide bonds. The van der Waals surface area contributed by atoms with Crippen molar-refractivity contribution >= 4 is 17.4 Å². The smallest absolute Gasteiger partial charge is 0.407 e. The van der Waals surface area contributed by atoms with Crippen LogP contribution in [0.1, 0.15) is 28.5 Å². The monoisotopic (exact) mass is 365 g/mol. The predicted molar refractivity (Wildman–Crippen MR) is 95.2 cm³/mol. The van der Waals surface area contributed by atoms with Crippen LogP contribution >= 0.6 is 11.3 Å². The predicted octanol–water partition coefficient (Wildman–Crippen LogP) is 2.61. The van der Waals surface area contributed by atoms with Gasteiger partial charge in [0, 0.05) is 18.5 Å². The standard InChI is InChI=1S/C18H23NO5S/c1-23-11-15-9-14(12-25-15)17(21)16(20)7-8-19-18(22)24-10-13-5-3-2-4-6-13/h2-6,9,12,16-17,20-21H,7-8,10-11H2,1H3,(H,19,22). The first kappa shape index (κ1) is 19.4. The molecule has 7 heteroatoms. The van der Waals surface area contributed by atoms with E-state index in [1.165, 1.54) is 11.3 Å². The third kappa shape index (κ3) is 6.47. The molecule has 3 N–H and O–H groups in total. The fourth-order valence-electron chi connectivity index (χ4n) is 2.25. The van der Waals surface area contributed by atoms with Crippen LogP contribution in [-0.2, 0) is 22.7 Å². The van der Waals surface area contributed by atoms with E-state index < -0.39 is 18.3 Å². The molecular weight excluding hydrogens is 342 g/mol. The number of amides is 1. The molecule has 0 saturated carbocycles. The number of carbonyl (C=O) groups excluding carboxylic acids is 1. The van der Waals surface area contributed by atoms with Gasteiger partial charge in [0.1, 0.15) is 12.7 Å². The number of hydrogen-bond acceptors (Lipinski definition) is 6. The minimum absolute atomic E-state index is 0.190. The summed E-state index contributed by atoms with van der Waals surface area (Å²) in [4.78, 5) is 12.6. The highest BCUT2D eigenvalue weighted by Gasteiger charge is 2.19. The van der Waals surface area contributed by atoms with E-state index in [1.54, 1.807) is 12.5 Å². The molecule has 0 aliphatic carbocycles. The lowest BCUT2D eigenvalue weighted by molar-refractivity contribution is 0.0138. The maximum absolute atomic E-state index is 11.6. The van der Waals surface area contributed by atoms with E-state index in [2.05, 4.69) is 5.32 Å². The number of hydrogen-bond donors (Lipinski definition) is 3. The maximum Gasteiger partial charge on any atom is 0.407 e. The molecule has 0 saturated heterocycles. The first-order chi connectivity index (χ1) is 12.1. The number of methoxy groups -OCH3 is 1. The lowest BCUT2D eigenvalue weighted by atomic mass is 10.0. The minimum atomic E-state index is -0.996. The van der Waals surface area contributed by atoms with Gasteiger partial charge in [-0.1, -0.05) is 30.3 Å². The number of carbonyl (C=O) groups is 1. The van der Waals surface area contributed by atoms with E-state index in [0.29, 0.717) is 12.2 Å². The molecule has 2 aromatic rings. The van der Waals surface area contributed by atoms with Crippen LogP contribution in [0.4, 0.5) is 4.79 Å². The van der Waals surface area contributed by atoms with Crippen molar-refractivity contribution < 1.29 is 24.5 Å². The zero-order valence-corrected chi connectivity index (χ0v) is 14.9. The van der Waals surface area contributed by atoms with Crippen LogP contribution in [0.25, 0.3) is 0 Å². The van der Waals surface area contributed by atoms with Crippen molar-refractivity contribution in [1.82, 2.24) is 5.32 Å². The first-order valence-corrected chi connectivity index (χ1v) is 8.85. The number of rotatable bonds is 9. The van der Waals surface area contributed by atoms with Crippen LogP contribution in [0.5, 0.6) is 0 Å². The second-order valence-electron chi connectivity index (χ2n) is 5.57. The van der Waals surface area contributed by atoms with E-state index in [9.17, 15) is 15.0 Å². The normalized spacial score (nSPS) is 13.2. The van der Waals surface area contributed by atoms with Crippen molar-refractivity contribution in [3.05, 3.63) is 57.8 Å². The average Bonchev–Trinajstić information content (AvgIpc) is 3.09. The van der Waals surface area contributed by atoms with Crippen LogP contribution in [0.15, 0.2) is 41.8 Å². The van der Waals surface area contributed by atoms with Crippen LogP contribution in [0, 0.1) is 0 Å². The zero-order chi connectivity index (χ0) is 18.1. The Bertz CT molecular complexity index is 646. The fourth-order valence-corrected chi connectivity index (χ4v) is 3.13. The third-order valence-corrected chi connectivity index (χ3v) is 4.52. The van der Waals surface area contributed by atoms with Gasteiger partial charge in [0.2, 0.25) is 0 Å². The number of aliphatic hydroxyl groups excluding tert-OH is 2. The summed E-state index contributed by atoms with van der Waals surface area (Å²) in [6, 6.07) is 11.2. The zero-order valence-electron chi connectivity index (χ0n) is 14.1. The molecule has 0 fully saturated rings. The summed E-state index contributed by atoms with van der Waals surface area (Å²) >= 11 is 1.47. The van der Waals surface area contributed by atoms with E-state index in [1.807, 2.05) is 36.4 Å². The Labute approximate surface area is 151 Å². The third-order valence-electron chi connectivity index (χ3n) is 3.59.